The Kier molecular flexibility index (Phi) is 14.5. The number of benzene rings is 2. The summed E-state index contributed by atoms with van der Waals surface area (Å²) >= 11 is 0. The molecule has 0 unspecified atom stereocenters. The number of ether oxygens (including phenoxy) is 2. The zero-order valence-corrected chi connectivity index (χ0v) is 35.7. The van der Waals surface area contributed by atoms with Crippen LogP contribution in [-0.2, 0) is 39.0 Å². The zero-order valence-electron chi connectivity index (χ0n) is 35.7. The van der Waals surface area contributed by atoms with Gasteiger partial charge in [-0.25, -0.2) is 14.4 Å². The number of piperazine rings is 1. The van der Waals surface area contributed by atoms with Gasteiger partial charge in [-0.05, 0) is 74.3 Å². The molecule has 3 saturated heterocycles. The summed E-state index contributed by atoms with van der Waals surface area (Å²) in [5, 5.41) is 3.05. The minimum atomic E-state index is -1.07. The number of carbonyl (C=O) groups is 4. The largest absolute Gasteiger partial charge is 0.466 e. The predicted molar refractivity (Wildman–Crippen MR) is 228 cm³/mol. The van der Waals surface area contributed by atoms with Gasteiger partial charge in [0.25, 0.3) is 5.91 Å². The smallest absolute Gasteiger partial charge is 0.419 e. The molecular formula is C45H63N7O8. The van der Waals surface area contributed by atoms with Gasteiger partial charge in [-0.3, -0.25) is 19.1 Å². The highest BCUT2D eigenvalue weighted by molar-refractivity contribution is 5.91. The molecule has 0 bridgehead atoms. The molecule has 4 aliphatic heterocycles. The molecule has 326 valence electrons. The topological polar surface area (TPSA) is 150 Å². The Morgan fingerprint density at radius 1 is 0.867 bits per heavy atom. The normalized spacial score (nSPS) is 19.2. The number of carbonyl (C=O) groups excluding carboxylic acids is 4. The molecule has 60 heavy (non-hydrogen) atoms. The summed E-state index contributed by atoms with van der Waals surface area (Å²) in [7, 11) is 1.66. The maximum Gasteiger partial charge on any atom is 0.419 e. The molecule has 1 N–H and O–H groups in total. The molecule has 4 amide bonds. The van der Waals surface area contributed by atoms with Crippen molar-refractivity contribution >= 4 is 40.8 Å². The Morgan fingerprint density at radius 2 is 1.58 bits per heavy atom. The second-order valence-corrected chi connectivity index (χ2v) is 17.0. The number of oxazole rings is 1. The van der Waals surface area contributed by atoms with E-state index in [4.69, 9.17) is 13.9 Å². The number of para-hydroxylation sites is 1. The highest BCUT2D eigenvalue weighted by atomic mass is 16.6. The van der Waals surface area contributed by atoms with Crippen molar-refractivity contribution in [2.45, 2.75) is 103 Å². The van der Waals surface area contributed by atoms with E-state index in [1.165, 1.54) is 11.0 Å². The van der Waals surface area contributed by atoms with E-state index in [1.54, 1.807) is 18.0 Å². The minimum absolute atomic E-state index is 0.0194. The molecule has 3 fully saturated rings. The number of rotatable bonds is 14. The summed E-state index contributed by atoms with van der Waals surface area (Å²) in [6.07, 6.45) is 6.90. The van der Waals surface area contributed by atoms with E-state index < -0.39 is 18.0 Å². The van der Waals surface area contributed by atoms with Gasteiger partial charge >= 0.3 is 23.8 Å². The van der Waals surface area contributed by atoms with E-state index >= 15 is 0 Å². The second kappa shape index (κ2) is 20.1. The maximum absolute atomic E-state index is 14.4. The Bertz CT molecular complexity index is 2020. The van der Waals surface area contributed by atoms with Crippen LogP contribution in [0.3, 0.4) is 0 Å². The van der Waals surface area contributed by atoms with E-state index in [-0.39, 0.29) is 30.4 Å². The number of amides is 4. The van der Waals surface area contributed by atoms with Crippen LogP contribution >= 0.6 is 0 Å². The summed E-state index contributed by atoms with van der Waals surface area (Å²) < 4.78 is 18.5. The Labute approximate surface area is 352 Å². The lowest BCUT2D eigenvalue weighted by atomic mass is 9.99. The molecule has 1 atom stereocenters. The fraction of sp³-hybridized carbons (Fsp3) is 0.622. The van der Waals surface area contributed by atoms with Crippen molar-refractivity contribution in [3.05, 3.63) is 63.6 Å². The number of hydrogen-bond donors (Lipinski definition) is 1. The van der Waals surface area contributed by atoms with E-state index in [9.17, 15) is 24.0 Å². The van der Waals surface area contributed by atoms with Crippen molar-refractivity contribution in [1.29, 1.82) is 0 Å². The Balaban J connectivity index is 0.931. The Hall–Kier alpha value is -4.89. The first-order valence-electron chi connectivity index (χ1n) is 22.2. The number of nitrogens with zero attached hydrogens (tertiary/aromatic N) is 6. The van der Waals surface area contributed by atoms with E-state index in [0.717, 1.165) is 87.1 Å². The van der Waals surface area contributed by atoms with Crippen molar-refractivity contribution in [1.82, 2.24) is 29.1 Å². The number of unbranched alkanes of at least 4 members (excludes halogenated alkanes) is 3. The van der Waals surface area contributed by atoms with Crippen molar-refractivity contribution in [3.63, 3.8) is 0 Å². The fourth-order valence-corrected chi connectivity index (χ4v) is 9.43. The molecule has 1 aromatic heterocycles. The second-order valence-electron chi connectivity index (χ2n) is 17.0. The number of likely N-dealkylation sites (tertiary alicyclic amines) is 2. The number of aromatic nitrogens is 1. The third-order valence-corrected chi connectivity index (χ3v) is 13.0. The fourth-order valence-electron chi connectivity index (χ4n) is 9.43. The van der Waals surface area contributed by atoms with E-state index in [0.29, 0.717) is 82.3 Å². The van der Waals surface area contributed by atoms with Gasteiger partial charge in [0.15, 0.2) is 11.7 Å². The van der Waals surface area contributed by atoms with Gasteiger partial charge in [0.05, 0.1) is 18.5 Å². The third-order valence-electron chi connectivity index (χ3n) is 13.0. The van der Waals surface area contributed by atoms with E-state index in [2.05, 4.69) is 22.0 Å². The number of esters is 1. The molecule has 15 nitrogen and oxygen atoms in total. The summed E-state index contributed by atoms with van der Waals surface area (Å²) in [4.78, 5) is 76.2. The SMILES string of the molecule is CCCCCCOC(=O)CCN1CCN(C2CCN(C(=O)[C@@H](Cc3cc(C)c4c(c3)oc(=O)n4C)OC(=O)N3CCC(N4CCc5ccccc5NC4=O)CC3)CC2)CC1. The first-order chi connectivity index (χ1) is 29.1. The van der Waals surface area contributed by atoms with Crippen LogP contribution in [0.5, 0.6) is 0 Å². The average molecular weight is 830 g/mol. The van der Waals surface area contributed by atoms with Crippen molar-refractivity contribution in [2.24, 2.45) is 7.05 Å². The number of anilines is 1. The zero-order chi connectivity index (χ0) is 42.2. The first-order valence-corrected chi connectivity index (χ1v) is 22.2. The Morgan fingerprint density at radius 3 is 2.33 bits per heavy atom. The number of hydrogen-bond acceptors (Lipinski definition) is 10. The molecule has 3 aromatic rings. The lowest BCUT2D eigenvalue weighted by molar-refractivity contribution is -0.144. The van der Waals surface area contributed by atoms with Gasteiger partial charge in [0.1, 0.15) is 0 Å². The van der Waals surface area contributed by atoms with Crippen LogP contribution in [0.2, 0.25) is 0 Å². The van der Waals surface area contributed by atoms with Crippen LogP contribution in [0, 0.1) is 6.92 Å². The standard InChI is InChI=1S/C45H63N7O8/c1-4-5-6-9-28-58-40(53)17-18-48-24-26-49(27-25-48)35-13-19-50(20-14-35)42(54)39(31-33-29-32(2)41-38(30-33)59-44(56)47(41)3)60-45(57)51-21-15-36(16-22-51)52-23-12-34-10-7-8-11-37(34)46-43(52)55/h7-8,10-11,29-30,35-36,39H,4-6,9,12-28,31H2,1-3H3,(H,46,55)/t39-/m1/s1. The minimum Gasteiger partial charge on any atom is -0.466 e. The molecule has 0 radical (unpaired) electrons. The summed E-state index contributed by atoms with van der Waals surface area (Å²) in [6, 6.07) is 11.7. The maximum atomic E-state index is 14.4. The highest BCUT2D eigenvalue weighted by Gasteiger charge is 2.37. The van der Waals surface area contributed by atoms with Gasteiger partial charge in [-0.15, -0.1) is 0 Å². The van der Waals surface area contributed by atoms with Crippen molar-refractivity contribution in [2.75, 3.05) is 77.4 Å². The molecular weight excluding hydrogens is 767 g/mol. The van der Waals surface area contributed by atoms with Gasteiger partial charge in [-0.1, -0.05) is 50.5 Å². The number of urea groups is 1. The monoisotopic (exact) mass is 829 g/mol. The predicted octanol–water partition coefficient (Wildman–Crippen LogP) is 5.16. The lowest BCUT2D eigenvalue weighted by Crippen LogP contribution is -2.55. The molecule has 0 aliphatic carbocycles. The molecule has 15 heteroatoms. The third kappa shape index (κ3) is 10.5. The van der Waals surface area contributed by atoms with Crippen LogP contribution in [0.1, 0.15) is 81.4 Å². The molecule has 7 rings (SSSR count). The average Bonchev–Trinajstić information content (AvgIpc) is 3.43. The number of aryl methyl sites for hydroxylation is 2. The van der Waals surface area contributed by atoms with Crippen LogP contribution in [-0.4, -0.2) is 143 Å². The van der Waals surface area contributed by atoms with Crippen molar-refractivity contribution < 1.29 is 33.1 Å². The summed E-state index contributed by atoms with van der Waals surface area (Å²) in [6.45, 7) is 11.4. The van der Waals surface area contributed by atoms with Crippen LogP contribution in [0.25, 0.3) is 11.1 Å². The lowest BCUT2D eigenvalue weighted by Gasteiger charge is -2.43. The van der Waals surface area contributed by atoms with Gasteiger partial charge in [0.2, 0.25) is 0 Å². The summed E-state index contributed by atoms with van der Waals surface area (Å²) in [5.41, 5.74) is 4.63. The molecule has 4 aliphatic rings. The van der Waals surface area contributed by atoms with Crippen LogP contribution in [0.15, 0.2) is 45.6 Å². The van der Waals surface area contributed by atoms with Gasteiger partial charge in [0, 0.05) is 96.7 Å². The number of nitrogens with one attached hydrogen (secondary N) is 1. The van der Waals surface area contributed by atoms with E-state index in [1.807, 2.05) is 47.1 Å². The number of fused-ring (bicyclic) bond motifs is 2. The highest BCUT2D eigenvalue weighted by Crippen LogP contribution is 2.27. The van der Waals surface area contributed by atoms with Crippen LogP contribution < -0.4 is 11.1 Å². The van der Waals surface area contributed by atoms with Crippen molar-refractivity contribution in [3.8, 4) is 0 Å². The van der Waals surface area contributed by atoms with Gasteiger partial charge < -0.3 is 38.8 Å². The quantitative estimate of drug-likeness (QED) is 0.171. The first kappa shape index (κ1) is 43.2. The number of piperidine rings is 2. The van der Waals surface area contributed by atoms with Crippen LogP contribution in [0.4, 0.5) is 15.3 Å². The molecule has 5 heterocycles. The summed E-state index contributed by atoms with van der Waals surface area (Å²) in [5.74, 6) is -0.813. The molecule has 2 aromatic carbocycles. The molecule has 0 spiro atoms. The van der Waals surface area contributed by atoms with Gasteiger partial charge in [-0.2, -0.15) is 0 Å². The molecule has 0 saturated carbocycles.